The predicted molar refractivity (Wildman–Crippen MR) is 91.9 cm³/mol. The van der Waals surface area contributed by atoms with Gasteiger partial charge in [-0.3, -0.25) is 0 Å². The minimum atomic E-state index is -1.09. The summed E-state index contributed by atoms with van der Waals surface area (Å²) in [5, 5.41) is 0. The van der Waals surface area contributed by atoms with Crippen molar-refractivity contribution in [3.8, 4) is 0 Å². The average molecular weight is 440 g/mol. The molecule has 0 aliphatic carbocycles. The second-order valence-corrected chi connectivity index (χ2v) is 7.12. The van der Waals surface area contributed by atoms with Crippen LogP contribution in [0.3, 0.4) is 0 Å². The van der Waals surface area contributed by atoms with Gasteiger partial charge in [0.15, 0.2) is 0 Å². The van der Waals surface area contributed by atoms with Gasteiger partial charge in [-0.15, -0.1) is 0 Å². The number of benzene rings is 2. The SMILES string of the molecule is COC(=O)c1ccccc1[C@@H](Br)[C@]1(Br)OC(=O)c2ccccc21. The van der Waals surface area contributed by atoms with E-state index >= 15 is 0 Å². The highest BCUT2D eigenvalue weighted by molar-refractivity contribution is 9.12. The average Bonchev–Trinajstić information content (AvgIpc) is 2.86. The van der Waals surface area contributed by atoms with Crippen molar-refractivity contribution >= 4 is 43.8 Å². The Morgan fingerprint density at radius 1 is 1.17 bits per heavy atom. The summed E-state index contributed by atoms with van der Waals surface area (Å²) in [6.45, 7) is 0. The second-order valence-electron chi connectivity index (χ2n) is 5.02. The first-order valence-electron chi connectivity index (χ1n) is 6.82. The Balaban J connectivity index is 2.10. The first-order chi connectivity index (χ1) is 11.0. The van der Waals surface area contributed by atoms with Crippen LogP contribution < -0.4 is 0 Å². The van der Waals surface area contributed by atoms with Gasteiger partial charge in [-0.25, -0.2) is 9.59 Å². The van der Waals surface area contributed by atoms with Crippen molar-refractivity contribution in [1.82, 2.24) is 0 Å². The van der Waals surface area contributed by atoms with E-state index in [4.69, 9.17) is 9.47 Å². The van der Waals surface area contributed by atoms with Crippen molar-refractivity contribution in [2.45, 2.75) is 9.34 Å². The molecule has 3 rings (SSSR count). The molecule has 1 heterocycles. The topological polar surface area (TPSA) is 52.6 Å². The summed E-state index contributed by atoms with van der Waals surface area (Å²) in [5.74, 6) is -0.851. The fraction of sp³-hybridized carbons (Fsp3) is 0.176. The number of ether oxygens (including phenoxy) is 2. The minimum absolute atomic E-state index is 0.405. The van der Waals surface area contributed by atoms with E-state index in [1.54, 1.807) is 30.3 Å². The van der Waals surface area contributed by atoms with E-state index in [1.165, 1.54) is 7.11 Å². The highest BCUT2D eigenvalue weighted by Crippen LogP contribution is 2.54. The third-order valence-electron chi connectivity index (χ3n) is 3.72. The van der Waals surface area contributed by atoms with Gasteiger partial charge in [0, 0.05) is 5.56 Å². The van der Waals surface area contributed by atoms with Crippen molar-refractivity contribution in [3.05, 3.63) is 70.8 Å². The Bertz CT molecular complexity index is 790. The standard InChI is InChI=1S/C17H12Br2O4/c1-22-15(20)11-7-3-2-6-10(11)14(18)17(19)13-9-5-4-8-12(13)16(21)23-17/h2-9,14H,1H3/t14-,17-/m1/s1. The molecule has 0 spiro atoms. The van der Waals surface area contributed by atoms with E-state index in [0.717, 1.165) is 0 Å². The number of methoxy groups -OCH3 is 1. The lowest BCUT2D eigenvalue weighted by Crippen LogP contribution is -2.25. The first-order valence-corrected chi connectivity index (χ1v) is 8.53. The molecule has 1 aliphatic heterocycles. The molecule has 4 nitrogen and oxygen atoms in total. The Kier molecular flexibility index (Phi) is 4.29. The third-order valence-corrected chi connectivity index (χ3v) is 6.52. The summed E-state index contributed by atoms with van der Waals surface area (Å²) in [6, 6.07) is 14.2. The highest BCUT2D eigenvalue weighted by Gasteiger charge is 2.49. The van der Waals surface area contributed by atoms with Crippen LogP contribution in [0.4, 0.5) is 0 Å². The third kappa shape index (κ3) is 2.60. The van der Waals surface area contributed by atoms with E-state index in [-0.39, 0.29) is 0 Å². The van der Waals surface area contributed by atoms with Gasteiger partial charge < -0.3 is 9.47 Å². The van der Waals surface area contributed by atoms with Crippen LogP contribution in [0.5, 0.6) is 0 Å². The molecule has 2 atom stereocenters. The maximum Gasteiger partial charge on any atom is 0.340 e. The second kappa shape index (κ2) is 6.09. The fourth-order valence-corrected chi connectivity index (χ4v) is 4.08. The van der Waals surface area contributed by atoms with Gasteiger partial charge in [0.2, 0.25) is 4.51 Å². The number of esters is 2. The number of hydrogen-bond donors (Lipinski definition) is 0. The zero-order chi connectivity index (χ0) is 16.6. The molecule has 2 aromatic carbocycles. The summed E-state index contributed by atoms with van der Waals surface area (Å²) in [5.41, 5.74) is 2.30. The molecule has 0 aromatic heterocycles. The van der Waals surface area contributed by atoms with Gasteiger partial charge in [-0.1, -0.05) is 52.3 Å². The number of hydrogen-bond acceptors (Lipinski definition) is 4. The van der Waals surface area contributed by atoms with Crippen molar-refractivity contribution in [1.29, 1.82) is 0 Å². The number of fused-ring (bicyclic) bond motifs is 1. The van der Waals surface area contributed by atoms with Crippen LogP contribution in [0, 0.1) is 0 Å². The molecule has 118 valence electrons. The Hall–Kier alpha value is -1.66. The van der Waals surface area contributed by atoms with E-state index in [2.05, 4.69) is 31.9 Å². The maximum absolute atomic E-state index is 12.1. The van der Waals surface area contributed by atoms with Crippen LogP contribution in [-0.4, -0.2) is 19.0 Å². The Morgan fingerprint density at radius 3 is 2.57 bits per heavy atom. The van der Waals surface area contributed by atoms with Gasteiger partial charge in [0.05, 0.1) is 23.1 Å². The lowest BCUT2D eigenvalue weighted by Gasteiger charge is -2.28. The van der Waals surface area contributed by atoms with E-state index in [9.17, 15) is 9.59 Å². The van der Waals surface area contributed by atoms with Crippen molar-refractivity contribution in [2.75, 3.05) is 7.11 Å². The highest BCUT2D eigenvalue weighted by atomic mass is 79.9. The number of cyclic esters (lactones) is 1. The number of carbonyl (C=O) groups excluding carboxylic acids is 2. The van der Waals surface area contributed by atoms with Crippen molar-refractivity contribution < 1.29 is 19.1 Å². The summed E-state index contributed by atoms with van der Waals surface area (Å²) in [6.07, 6.45) is 0. The molecule has 0 fully saturated rings. The summed E-state index contributed by atoms with van der Waals surface area (Å²) in [4.78, 5) is 23.7. The zero-order valence-corrected chi connectivity index (χ0v) is 15.3. The van der Waals surface area contributed by atoms with E-state index in [0.29, 0.717) is 22.3 Å². The molecule has 6 heteroatoms. The van der Waals surface area contributed by atoms with Gasteiger partial charge in [0.1, 0.15) is 0 Å². The molecule has 2 aromatic rings. The molecule has 0 saturated heterocycles. The molecular weight excluding hydrogens is 428 g/mol. The molecule has 0 N–H and O–H groups in total. The van der Waals surface area contributed by atoms with Crippen LogP contribution in [0.2, 0.25) is 0 Å². The van der Waals surface area contributed by atoms with Gasteiger partial charge in [0.25, 0.3) is 0 Å². The van der Waals surface area contributed by atoms with Crippen LogP contribution in [0.1, 0.15) is 36.7 Å². The molecule has 0 bridgehead atoms. The quantitative estimate of drug-likeness (QED) is 0.527. The number of carbonyl (C=O) groups is 2. The summed E-state index contributed by atoms with van der Waals surface area (Å²) in [7, 11) is 1.33. The maximum atomic E-state index is 12.1. The Labute approximate surface area is 150 Å². The van der Waals surface area contributed by atoms with Crippen molar-refractivity contribution in [3.63, 3.8) is 0 Å². The smallest absolute Gasteiger partial charge is 0.340 e. The Morgan fingerprint density at radius 2 is 1.83 bits per heavy atom. The van der Waals surface area contributed by atoms with Gasteiger partial charge >= 0.3 is 11.9 Å². The van der Waals surface area contributed by atoms with Crippen LogP contribution in [0.25, 0.3) is 0 Å². The fourth-order valence-electron chi connectivity index (χ4n) is 2.61. The van der Waals surface area contributed by atoms with E-state index < -0.39 is 21.3 Å². The molecule has 0 saturated carbocycles. The first kappa shape index (κ1) is 16.2. The van der Waals surface area contributed by atoms with Gasteiger partial charge in [-0.05, 0) is 33.6 Å². The summed E-state index contributed by atoms with van der Waals surface area (Å²) >= 11 is 7.13. The monoisotopic (exact) mass is 438 g/mol. The molecule has 0 amide bonds. The molecular formula is C17H12Br2O4. The summed E-state index contributed by atoms with van der Waals surface area (Å²) < 4.78 is 9.32. The van der Waals surface area contributed by atoms with Crippen molar-refractivity contribution in [2.24, 2.45) is 0 Å². The predicted octanol–water partition coefficient (Wildman–Crippen LogP) is 4.33. The molecule has 0 unspecified atom stereocenters. The minimum Gasteiger partial charge on any atom is -0.465 e. The number of rotatable bonds is 3. The molecule has 23 heavy (non-hydrogen) atoms. The zero-order valence-electron chi connectivity index (χ0n) is 12.1. The van der Waals surface area contributed by atoms with Gasteiger partial charge in [-0.2, -0.15) is 0 Å². The molecule has 0 radical (unpaired) electrons. The number of halogens is 2. The largest absolute Gasteiger partial charge is 0.465 e. The normalized spacial score (nSPS) is 20.6. The lowest BCUT2D eigenvalue weighted by atomic mass is 9.96. The van der Waals surface area contributed by atoms with Crippen LogP contribution in [0.15, 0.2) is 48.5 Å². The number of alkyl halides is 2. The molecule has 1 aliphatic rings. The van der Waals surface area contributed by atoms with Crippen LogP contribution >= 0.6 is 31.9 Å². The lowest BCUT2D eigenvalue weighted by molar-refractivity contribution is 0.0307. The van der Waals surface area contributed by atoms with Crippen LogP contribution in [-0.2, 0) is 14.0 Å². The van der Waals surface area contributed by atoms with E-state index in [1.807, 2.05) is 18.2 Å².